The molecule has 1 aromatic heterocycles. The number of carbonyl (C=O) groups is 1. The Morgan fingerprint density at radius 1 is 0.969 bits per heavy atom. The van der Waals surface area contributed by atoms with Crippen molar-refractivity contribution in [3.63, 3.8) is 0 Å². The standard InChI is InChI=1S/C25H27ClN4OS/c26-22-17-23(29-14-7-8-15-29)28-25(27-22)32-19-24(31)30(18-21-11-5-2-6-12-21)16-13-20-9-3-1-4-10-20/h1-6,9-12,17H,7-8,13-16,18-19H2. The predicted molar refractivity (Wildman–Crippen MR) is 131 cm³/mol. The van der Waals surface area contributed by atoms with Crippen molar-refractivity contribution >= 4 is 35.1 Å². The van der Waals surface area contributed by atoms with Crippen molar-refractivity contribution < 1.29 is 4.79 Å². The number of hydrogen-bond donors (Lipinski definition) is 0. The van der Waals surface area contributed by atoms with Crippen molar-refractivity contribution in [1.82, 2.24) is 14.9 Å². The van der Waals surface area contributed by atoms with E-state index in [1.807, 2.05) is 41.3 Å². The molecule has 2 heterocycles. The molecular formula is C25H27ClN4OS. The van der Waals surface area contributed by atoms with E-state index in [1.165, 1.54) is 30.2 Å². The maximum absolute atomic E-state index is 13.2. The predicted octanol–water partition coefficient (Wildman–Crippen LogP) is 5.09. The van der Waals surface area contributed by atoms with Gasteiger partial charge in [0.2, 0.25) is 5.91 Å². The summed E-state index contributed by atoms with van der Waals surface area (Å²) in [5, 5.41) is 0.970. The van der Waals surface area contributed by atoms with Gasteiger partial charge in [-0.15, -0.1) is 0 Å². The average Bonchev–Trinajstić information content (AvgIpc) is 3.36. The van der Waals surface area contributed by atoms with Gasteiger partial charge in [-0.1, -0.05) is 84.0 Å². The molecule has 1 saturated heterocycles. The molecule has 0 atom stereocenters. The van der Waals surface area contributed by atoms with Crippen molar-refractivity contribution in [2.24, 2.45) is 0 Å². The zero-order valence-electron chi connectivity index (χ0n) is 18.0. The molecule has 2 aromatic carbocycles. The van der Waals surface area contributed by atoms with E-state index in [4.69, 9.17) is 11.6 Å². The minimum absolute atomic E-state index is 0.0704. The number of amides is 1. The third-order valence-electron chi connectivity index (χ3n) is 5.50. The molecule has 1 aliphatic rings. The SMILES string of the molecule is O=C(CSc1nc(Cl)cc(N2CCCC2)n1)N(CCc1ccccc1)Cc1ccccc1. The maximum Gasteiger partial charge on any atom is 0.233 e. The fraction of sp³-hybridized carbons (Fsp3) is 0.320. The summed E-state index contributed by atoms with van der Waals surface area (Å²) in [5.41, 5.74) is 2.34. The van der Waals surface area contributed by atoms with Gasteiger partial charge in [0.05, 0.1) is 5.75 Å². The molecule has 0 radical (unpaired) electrons. The number of halogens is 1. The van der Waals surface area contributed by atoms with E-state index in [0.717, 1.165) is 30.9 Å². The summed E-state index contributed by atoms with van der Waals surface area (Å²) in [4.78, 5) is 26.3. The molecule has 1 aliphatic heterocycles. The quantitative estimate of drug-likeness (QED) is 0.249. The Hall–Kier alpha value is -2.57. The molecule has 0 saturated carbocycles. The Bertz CT molecular complexity index is 1010. The van der Waals surface area contributed by atoms with Crippen LogP contribution in [0.1, 0.15) is 24.0 Å². The first-order valence-corrected chi connectivity index (χ1v) is 12.3. The van der Waals surface area contributed by atoms with Gasteiger partial charge in [0.1, 0.15) is 11.0 Å². The lowest BCUT2D eigenvalue weighted by molar-refractivity contribution is -0.128. The van der Waals surface area contributed by atoms with Crippen LogP contribution in [0.15, 0.2) is 71.9 Å². The highest BCUT2D eigenvalue weighted by Gasteiger charge is 2.18. The minimum Gasteiger partial charge on any atom is -0.356 e. The maximum atomic E-state index is 13.2. The fourth-order valence-electron chi connectivity index (χ4n) is 3.78. The van der Waals surface area contributed by atoms with E-state index < -0.39 is 0 Å². The van der Waals surface area contributed by atoms with E-state index in [9.17, 15) is 4.79 Å². The van der Waals surface area contributed by atoms with E-state index in [0.29, 0.717) is 23.4 Å². The van der Waals surface area contributed by atoms with Crippen molar-refractivity contribution in [3.05, 3.63) is 83.0 Å². The second-order valence-corrected chi connectivity index (χ2v) is 9.18. The summed E-state index contributed by atoms with van der Waals surface area (Å²) in [6.45, 7) is 3.22. The largest absolute Gasteiger partial charge is 0.356 e. The molecule has 0 unspecified atom stereocenters. The highest BCUT2D eigenvalue weighted by Crippen LogP contribution is 2.25. The Kier molecular flexibility index (Phi) is 8.02. The Morgan fingerprint density at radius 3 is 2.31 bits per heavy atom. The molecule has 0 aliphatic carbocycles. The van der Waals surface area contributed by atoms with Crippen molar-refractivity contribution in [1.29, 1.82) is 0 Å². The van der Waals surface area contributed by atoms with Crippen LogP contribution in [-0.4, -0.2) is 46.2 Å². The first-order valence-electron chi connectivity index (χ1n) is 11.0. The third-order valence-corrected chi connectivity index (χ3v) is 6.52. The van der Waals surface area contributed by atoms with Crippen LogP contribution < -0.4 is 4.90 Å². The molecule has 3 aromatic rings. The summed E-state index contributed by atoms with van der Waals surface area (Å²) >= 11 is 7.60. The monoisotopic (exact) mass is 466 g/mol. The zero-order valence-corrected chi connectivity index (χ0v) is 19.6. The normalized spacial score (nSPS) is 13.3. The number of anilines is 1. The van der Waals surface area contributed by atoms with E-state index in [1.54, 1.807) is 6.07 Å². The van der Waals surface area contributed by atoms with Crippen LogP contribution in [0.2, 0.25) is 5.15 Å². The lowest BCUT2D eigenvalue weighted by atomic mass is 10.1. The van der Waals surface area contributed by atoms with Crippen LogP contribution in [0.25, 0.3) is 0 Å². The fourth-order valence-corrected chi connectivity index (χ4v) is 4.76. The topological polar surface area (TPSA) is 49.3 Å². The number of thioether (sulfide) groups is 1. The van der Waals surface area contributed by atoms with Crippen molar-refractivity contribution in [2.45, 2.75) is 31.0 Å². The van der Waals surface area contributed by atoms with E-state index in [-0.39, 0.29) is 11.7 Å². The van der Waals surface area contributed by atoms with Crippen LogP contribution in [-0.2, 0) is 17.8 Å². The number of hydrogen-bond acceptors (Lipinski definition) is 5. The highest BCUT2D eigenvalue weighted by molar-refractivity contribution is 7.99. The van der Waals surface area contributed by atoms with Gasteiger partial charge < -0.3 is 9.80 Å². The number of aromatic nitrogens is 2. The number of rotatable bonds is 9. The molecular weight excluding hydrogens is 440 g/mol. The van der Waals surface area contributed by atoms with Crippen LogP contribution in [0.4, 0.5) is 5.82 Å². The van der Waals surface area contributed by atoms with Crippen molar-refractivity contribution in [3.8, 4) is 0 Å². The van der Waals surface area contributed by atoms with Gasteiger partial charge in [0.25, 0.3) is 0 Å². The van der Waals surface area contributed by atoms with Crippen LogP contribution in [0.5, 0.6) is 0 Å². The molecule has 0 spiro atoms. The van der Waals surface area contributed by atoms with E-state index >= 15 is 0 Å². The summed E-state index contributed by atoms with van der Waals surface area (Å²) in [5.74, 6) is 1.20. The van der Waals surface area contributed by atoms with Gasteiger partial charge >= 0.3 is 0 Å². The number of benzene rings is 2. The number of carbonyl (C=O) groups excluding carboxylic acids is 1. The third kappa shape index (κ3) is 6.47. The van der Waals surface area contributed by atoms with Crippen LogP contribution in [0.3, 0.4) is 0 Å². The summed E-state index contributed by atoms with van der Waals surface area (Å²) in [7, 11) is 0. The van der Waals surface area contributed by atoms with Gasteiger partial charge in [-0.2, -0.15) is 0 Å². The Morgan fingerprint density at radius 2 is 1.62 bits per heavy atom. The van der Waals surface area contributed by atoms with Crippen LogP contribution >= 0.6 is 23.4 Å². The Labute approximate surface area is 198 Å². The number of nitrogens with zero attached hydrogens (tertiary/aromatic N) is 4. The molecule has 4 rings (SSSR count). The summed E-state index contributed by atoms with van der Waals surface area (Å²) < 4.78 is 0. The molecule has 1 fully saturated rings. The van der Waals surface area contributed by atoms with Gasteiger partial charge in [-0.3, -0.25) is 4.79 Å². The molecule has 166 valence electrons. The molecule has 5 nitrogen and oxygen atoms in total. The van der Waals surface area contributed by atoms with Gasteiger partial charge in [0, 0.05) is 32.2 Å². The molecule has 1 amide bonds. The average molecular weight is 467 g/mol. The molecule has 0 bridgehead atoms. The lowest BCUT2D eigenvalue weighted by Crippen LogP contribution is -2.34. The highest BCUT2D eigenvalue weighted by atomic mass is 35.5. The van der Waals surface area contributed by atoms with Gasteiger partial charge in [-0.25, -0.2) is 9.97 Å². The first-order chi connectivity index (χ1) is 15.7. The van der Waals surface area contributed by atoms with Gasteiger partial charge in [0.15, 0.2) is 5.16 Å². The zero-order chi connectivity index (χ0) is 22.2. The molecule has 0 N–H and O–H groups in total. The Balaban J connectivity index is 1.42. The minimum atomic E-state index is 0.0704. The van der Waals surface area contributed by atoms with E-state index in [2.05, 4.69) is 39.1 Å². The second-order valence-electron chi connectivity index (χ2n) is 7.85. The summed E-state index contributed by atoms with van der Waals surface area (Å²) in [6, 6.07) is 22.2. The van der Waals surface area contributed by atoms with Crippen molar-refractivity contribution in [2.75, 3.05) is 30.3 Å². The van der Waals surface area contributed by atoms with Gasteiger partial charge in [-0.05, 0) is 30.4 Å². The second kappa shape index (κ2) is 11.3. The smallest absolute Gasteiger partial charge is 0.233 e. The lowest BCUT2D eigenvalue weighted by Gasteiger charge is -2.23. The first kappa shape index (κ1) is 22.6. The molecule has 7 heteroatoms. The summed E-state index contributed by atoms with van der Waals surface area (Å²) in [6.07, 6.45) is 3.15. The molecule has 32 heavy (non-hydrogen) atoms. The van der Waals surface area contributed by atoms with Crippen LogP contribution in [0, 0.1) is 0 Å².